The highest BCUT2D eigenvalue weighted by Crippen LogP contribution is 2.31. The first-order valence-electron chi connectivity index (χ1n) is 9.84. The van der Waals surface area contributed by atoms with E-state index in [-0.39, 0.29) is 6.42 Å². The Morgan fingerprint density at radius 3 is 2.62 bits per heavy atom. The van der Waals surface area contributed by atoms with E-state index in [1.165, 1.54) is 11.3 Å². The Hall–Kier alpha value is -3.24. The van der Waals surface area contributed by atoms with Gasteiger partial charge in [0.2, 0.25) is 17.7 Å². The number of hydrogen-bond donors (Lipinski definition) is 2. The molecule has 0 bridgehead atoms. The fourth-order valence-electron chi connectivity index (χ4n) is 3.24. The molecule has 2 N–H and O–H groups in total. The van der Waals surface area contributed by atoms with Crippen molar-refractivity contribution in [1.82, 2.24) is 9.88 Å². The normalized spacial score (nSPS) is 15.9. The Kier molecular flexibility index (Phi) is 6.24. The van der Waals surface area contributed by atoms with Crippen molar-refractivity contribution in [2.24, 2.45) is 0 Å². The highest BCUT2D eigenvalue weighted by atomic mass is 32.2. The highest BCUT2D eigenvalue weighted by molar-refractivity contribution is 8.15. The number of aryl methyl sites for hydroxylation is 2. The molecule has 0 aliphatic carbocycles. The summed E-state index contributed by atoms with van der Waals surface area (Å²) in [5, 5.41) is 4.43. The SMILES string of the molecule is Cc1ccc2nc(NC(=O)CC3SC(=O)N(CC(=O)Nc4ccccc4C)C3=O)sc2c1. The molecule has 1 atom stereocenters. The number of hydrogen-bond acceptors (Lipinski definition) is 7. The molecular formula is C22H20N4O4S2. The molecule has 0 saturated carbocycles. The molecule has 1 saturated heterocycles. The Bertz CT molecular complexity index is 1240. The summed E-state index contributed by atoms with van der Waals surface area (Å²) in [4.78, 5) is 55.0. The van der Waals surface area contributed by atoms with Gasteiger partial charge in [-0.05, 0) is 43.2 Å². The molecule has 164 valence electrons. The summed E-state index contributed by atoms with van der Waals surface area (Å²) in [6, 6.07) is 13.0. The number of carbonyl (C=O) groups excluding carboxylic acids is 4. The largest absolute Gasteiger partial charge is 0.324 e. The first-order chi connectivity index (χ1) is 15.3. The monoisotopic (exact) mass is 468 g/mol. The highest BCUT2D eigenvalue weighted by Gasteiger charge is 2.41. The van der Waals surface area contributed by atoms with Crippen molar-refractivity contribution in [2.75, 3.05) is 17.2 Å². The first kappa shape index (κ1) is 22.0. The molecule has 1 unspecified atom stereocenters. The van der Waals surface area contributed by atoms with E-state index < -0.39 is 34.8 Å². The number of carbonyl (C=O) groups is 4. The van der Waals surface area contributed by atoms with Gasteiger partial charge in [-0.1, -0.05) is 47.4 Å². The predicted molar refractivity (Wildman–Crippen MR) is 126 cm³/mol. The molecule has 8 nitrogen and oxygen atoms in total. The molecule has 0 spiro atoms. The first-order valence-corrected chi connectivity index (χ1v) is 11.5. The van der Waals surface area contributed by atoms with Gasteiger partial charge in [0, 0.05) is 12.1 Å². The number of amides is 4. The van der Waals surface area contributed by atoms with E-state index in [4.69, 9.17) is 0 Å². The number of thioether (sulfide) groups is 1. The van der Waals surface area contributed by atoms with Crippen molar-refractivity contribution in [3.8, 4) is 0 Å². The van der Waals surface area contributed by atoms with E-state index >= 15 is 0 Å². The van der Waals surface area contributed by atoms with Crippen molar-refractivity contribution >= 4 is 67.1 Å². The molecule has 0 radical (unpaired) electrons. The summed E-state index contributed by atoms with van der Waals surface area (Å²) >= 11 is 2.10. The summed E-state index contributed by atoms with van der Waals surface area (Å²) in [6.45, 7) is 3.43. The van der Waals surface area contributed by atoms with Crippen LogP contribution < -0.4 is 10.6 Å². The van der Waals surface area contributed by atoms with Crippen LogP contribution in [0.1, 0.15) is 17.5 Å². The second kappa shape index (κ2) is 9.09. The molecule has 10 heteroatoms. The zero-order valence-electron chi connectivity index (χ0n) is 17.4. The molecular weight excluding hydrogens is 448 g/mol. The van der Waals surface area contributed by atoms with Crippen molar-refractivity contribution in [3.63, 3.8) is 0 Å². The molecule has 3 aromatic rings. The summed E-state index contributed by atoms with van der Waals surface area (Å²) in [5.74, 6) is -1.43. The van der Waals surface area contributed by atoms with E-state index in [2.05, 4.69) is 15.6 Å². The lowest BCUT2D eigenvalue weighted by Gasteiger charge is -2.14. The van der Waals surface area contributed by atoms with Gasteiger partial charge in [0.25, 0.3) is 5.24 Å². The number of para-hydroxylation sites is 1. The fourth-order valence-corrected chi connectivity index (χ4v) is 5.21. The van der Waals surface area contributed by atoms with Crippen LogP contribution in [0.4, 0.5) is 15.6 Å². The van der Waals surface area contributed by atoms with Crippen molar-refractivity contribution in [3.05, 3.63) is 53.6 Å². The van der Waals surface area contributed by atoms with Gasteiger partial charge >= 0.3 is 0 Å². The third kappa shape index (κ3) is 4.81. The van der Waals surface area contributed by atoms with Crippen molar-refractivity contribution in [1.29, 1.82) is 0 Å². The molecule has 32 heavy (non-hydrogen) atoms. The third-order valence-electron chi connectivity index (χ3n) is 4.89. The zero-order chi connectivity index (χ0) is 22.8. The maximum Gasteiger partial charge on any atom is 0.289 e. The van der Waals surface area contributed by atoms with Gasteiger partial charge in [-0.2, -0.15) is 0 Å². The summed E-state index contributed by atoms with van der Waals surface area (Å²) in [7, 11) is 0. The van der Waals surface area contributed by atoms with Gasteiger partial charge in [0.05, 0.1) is 10.2 Å². The van der Waals surface area contributed by atoms with E-state index in [9.17, 15) is 19.2 Å². The Morgan fingerprint density at radius 1 is 1.06 bits per heavy atom. The molecule has 1 aliphatic rings. The predicted octanol–water partition coefficient (Wildman–Crippen LogP) is 3.94. The smallest absolute Gasteiger partial charge is 0.289 e. The zero-order valence-corrected chi connectivity index (χ0v) is 19.0. The quantitative estimate of drug-likeness (QED) is 0.567. The molecule has 2 heterocycles. The van der Waals surface area contributed by atoms with Gasteiger partial charge in [0.1, 0.15) is 11.8 Å². The minimum absolute atomic E-state index is 0.180. The van der Waals surface area contributed by atoms with Crippen LogP contribution in [0.15, 0.2) is 42.5 Å². The van der Waals surface area contributed by atoms with Crippen LogP contribution in [-0.2, 0) is 14.4 Å². The molecule has 1 aliphatic heterocycles. The lowest BCUT2D eigenvalue weighted by atomic mass is 10.2. The van der Waals surface area contributed by atoms with E-state index in [0.29, 0.717) is 10.8 Å². The number of fused-ring (bicyclic) bond motifs is 1. The number of aromatic nitrogens is 1. The average molecular weight is 469 g/mol. The van der Waals surface area contributed by atoms with E-state index in [1.54, 1.807) is 12.1 Å². The van der Waals surface area contributed by atoms with Crippen LogP contribution >= 0.6 is 23.1 Å². The third-order valence-corrected chi connectivity index (χ3v) is 6.90. The van der Waals surface area contributed by atoms with Crippen LogP contribution in [-0.4, -0.2) is 44.6 Å². The number of benzene rings is 2. The van der Waals surface area contributed by atoms with Gasteiger partial charge in [-0.25, -0.2) is 4.98 Å². The second-order valence-corrected chi connectivity index (χ2v) is 9.59. The summed E-state index contributed by atoms with van der Waals surface area (Å²) < 4.78 is 0.952. The summed E-state index contributed by atoms with van der Waals surface area (Å²) in [6.07, 6.45) is -0.180. The Labute approximate surface area is 192 Å². The number of rotatable bonds is 6. The van der Waals surface area contributed by atoms with Gasteiger partial charge in [-0.15, -0.1) is 0 Å². The van der Waals surface area contributed by atoms with Crippen molar-refractivity contribution < 1.29 is 19.2 Å². The van der Waals surface area contributed by atoms with E-state index in [1.807, 2.05) is 44.2 Å². The van der Waals surface area contributed by atoms with Crippen LogP contribution in [0.3, 0.4) is 0 Å². The van der Waals surface area contributed by atoms with Crippen LogP contribution in [0, 0.1) is 13.8 Å². The standard InChI is InChI=1S/C22H20N4O4S2/c1-12-7-8-15-16(9-12)31-21(24-15)25-18(27)10-17-20(29)26(22(30)32-17)11-19(28)23-14-6-4-3-5-13(14)2/h3-9,17H,10-11H2,1-2H3,(H,23,28)(H,24,25,27). The minimum atomic E-state index is -0.870. The van der Waals surface area contributed by atoms with Gasteiger partial charge in [-0.3, -0.25) is 24.1 Å². The number of imide groups is 1. The Morgan fingerprint density at radius 2 is 1.84 bits per heavy atom. The number of nitrogens with zero attached hydrogens (tertiary/aromatic N) is 2. The van der Waals surface area contributed by atoms with Crippen LogP contribution in [0.5, 0.6) is 0 Å². The topological polar surface area (TPSA) is 108 Å². The summed E-state index contributed by atoms with van der Waals surface area (Å²) in [5.41, 5.74) is 3.36. The van der Waals surface area contributed by atoms with Gasteiger partial charge in [0.15, 0.2) is 5.13 Å². The molecule has 1 fully saturated rings. The molecule has 4 amide bonds. The van der Waals surface area contributed by atoms with Crippen LogP contribution in [0.2, 0.25) is 0 Å². The number of thiazole rings is 1. The number of anilines is 2. The second-order valence-electron chi connectivity index (χ2n) is 7.40. The molecule has 2 aromatic carbocycles. The lowest BCUT2D eigenvalue weighted by Crippen LogP contribution is -2.38. The lowest BCUT2D eigenvalue weighted by molar-refractivity contribution is -0.131. The number of nitrogens with one attached hydrogen (secondary N) is 2. The molecule has 4 rings (SSSR count). The minimum Gasteiger partial charge on any atom is -0.324 e. The average Bonchev–Trinajstić information content (AvgIpc) is 3.24. The van der Waals surface area contributed by atoms with E-state index in [0.717, 1.165) is 38.0 Å². The molecule has 1 aromatic heterocycles. The maximum atomic E-state index is 12.6. The van der Waals surface area contributed by atoms with Crippen molar-refractivity contribution in [2.45, 2.75) is 25.5 Å². The van der Waals surface area contributed by atoms with Gasteiger partial charge < -0.3 is 10.6 Å². The fraction of sp³-hybridized carbons (Fsp3) is 0.227. The maximum absolute atomic E-state index is 12.6. The Balaban J connectivity index is 1.35. The van der Waals surface area contributed by atoms with Crippen LogP contribution in [0.25, 0.3) is 10.2 Å².